The number of nitrogens with one attached hydrogen (secondary N) is 2. The maximum Gasteiger partial charge on any atom is 0.276 e. The number of nitrogens with zero attached hydrogens (tertiary/aromatic N) is 2. The third kappa shape index (κ3) is 4.30. The summed E-state index contributed by atoms with van der Waals surface area (Å²) in [6.45, 7) is 1.48. The predicted octanol–water partition coefficient (Wildman–Crippen LogP) is 3.95. The lowest BCUT2D eigenvalue weighted by Gasteiger charge is -2.08. The zero-order chi connectivity index (χ0) is 19.4. The van der Waals surface area contributed by atoms with Crippen molar-refractivity contribution in [1.29, 1.82) is 0 Å². The molecule has 0 aliphatic heterocycles. The van der Waals surface area contributed by atoms with Gasteiger partial charge in [-0.25, -0.2) is 8.78 Å². The summed E-state index contributed by atoms with van der Waals surface area (Å²) in [4.78, 5) is 23.4. The van der Waals surface area contributed by atoms with E-state index in [0.29, 0.717) is 17.1 Å². The molecule has 0 aliphatic carbocycles. The minimum atomic E-state index is -0.886. The van der Waals surface area contributed by atoms with Crippen LogP contribution in [-0.2, 0) is 0 Å². The van der Waals surface area contributed by atoms with E-state index in [1.54, 1.807) is 24.3 Å². The van der Waals surface area contributed by atoms with Gasteiger partial charge in [0.2, 0.25) is 0 Å². The van der Waals surface area contributed by atoms with Gasteiger partial charge < -0.3 is 10.6 Å². The molecule has 136 valence electrons. The maximum atomic E-state index is 13.6. The van der Waals surface area contributed by atoms with Crippen LogP contribution in [0.25, 0.3) is 0 Å². The van der Waals surface area contributed by atoms with Crippen molar-refractivity contribution in [3.63, 3.8) is 0 Å². The highest BCUT2D eigenvalue weighted by molar-refractivity contribution is 6.03. The van der Waals surface area contributed by atoms with Crippen LogP contribution >= 0.6 is 0 Å². The third-order valence-electron chi connectivity index (χ3n) is 3.66. The topological polar surface area (TPSA) is 84.0 Å². The Kier molecular flexibility index (Phi) is 5.16. The highest BCUT2D eigenvalue weighted by atomic mass is 19.1. The summed E-state index contributed by atoms with van der Waals surface area (Å²) in [5, 5.41) is 12.7. The molecule has 0 unspecified atom stereocenters. The number of aromatic nitrogens is 2. The average molecular weight is 368 g/mol. The highest BCUT2D eigenvalue weighted by Gasteiger charge is 2.14. The van der Waals surface area contributed by atoms with Crippen LogP contribution in [0.5, 0.6) is 0 Å². The van der Waals surface area contributed by atoms with Crippen molar-refractivity contribution < 1.29 is 18.4 Å². The second-order valence-electron chi connectivity index (χ2n) is 5.61. The zero-order valence-corrected chi connectivity index (χ0v) is 14.2. The van der Waals surface area contributed by atoms with Crippen LogP contribution in [0.2, 0.25) is 0 Å². The number of benzene rings is 2. The third-order valence-corrected chi connectivity index (χ3v) is 3.66. The molecule has 27 heavy (non-hydrogen) atoms. The molecule has 0 bridgehead atoms. The van der Waals surface area contributed by atoms with Gasteiger partial charge in [0, 0.05) is 11.3 Å². The zero-order valence-electron chi connectivity index (χ0n) is 14.2. The smallest absolute Gasteiger partial charge is 0.276 e. The molecule has 0 fully saturated rings. The van der Waals surface area contributed by atoms with E-state index in [0.717, 1.165) is 12.1 Å². The first-order valence-electron chi connectivity index (χ1n) is 7.91. The quantitative estimate of drug-likeness (QED) is 0.666. The fourth-order valence-corrected chi connectivity index (χ4v) is 2.25. The predicted molar refractivity (Wildman–Crippen MR) is 96.1 cm³/mol. The lowest BCUT2D eigenvalue weighted by Crippen LogP contribution is -2.16. The number of Topliss-reactive ketones (excluding diaryl/α,β-unsaturated/α-hetero) is 1. The van der Waals surface area contributed by atoms with Gasteiger partial charge in [0.15, 0.2) is 17.3 Å². The number of anilines is 3. The van der Waals surface area contributed by atoms with E-state index in [4.69, 9.17) is 0 Å². The summed E-state index contributed by atoms with van der Waals surface area (Å²) in [6.07, 6.45) is 0. The van der Waals surface area contributed by atoms with Gasteiger partial charge in [-0.3, -0.25) is 9.59 Å². The molecule has 3 aromatic rings. The normalized spacial score (nSPS) is 10.3. The number of carbonyl (C=O) groups is 2. The Morgan fingerprint density at radius 1 is 0.889 bits per heavy atom. The van der Waals surface area contributed by atoms with Crippen LogP contribution in [-0.4, -0.2) is 21.9 Å². The molecule has 2 aromatic carbocycles. The van der Waals surface area contributed by atoms with Gasteiger partial charge in [0.25, 0.3) is 5.91 Å². The lowest BCUT2D eigenvalue weighted by molar-refractivity contribution is 0.101. The number of hydrogen-bond donors (Lipinski definition) is 2. The van der Waals surface area contributed by atoms with Crippen molar-refractivity contribution in [2.75, 3.05) is 10.6 Å². The van der Waals surface area contributed by atoms with E-state index in [-0.39, 0.29) is 11.5 Å². The fourth-order valence-electron chi connectivity index (χ4n) is 2.25. The Labute approximate surface area is 153 Å². The van der Waals surface area contributed by atoms with Gasteiger partial charge in [-0.05, 0) is 55.5 Å². The van der Waals surface area contributed by atoms with Crippen LogP contribution in [0.15, 0.2) is 54.6 Å². The fraction of sp³-hybridized carbons (Fsp3) is 0.0526. The summed E-state index contributed by atoms with van der Waals surface area (Å²) >= 11 is 0. The van der Waals surface area contributed by atoms with Crippen LogP contribution in [0.3, 0.4) is 0 Å². The van der Waals surface area contributed by atoms with Crippen molar-refractivity contribution in [1.82, 2.24) is 10.2 Å². The number of carbonyl (C=O) groups excluding carboxylic acids is 2. The van der Waals surface area contributed by atoms with E-state index in [2.05, 4.69) is 20.8 Å². The molecule has 0 atom stereocenters. The van der Waals surface area contributed by atoms with Crippen LogP contribution < -0.4 is 10.6 Å². The Hall–Kier alpha value is -3.68. The highest BCUT2D eigenvalue weighted by Crippen LogP contribution is 2.19. The number of amides is 1. The van der Waals surface area contributed by atoms with Gasteiger partial charge in [-0.1, -0.05) is 6.07 Å². The Morgan fingerprint density at radius 3 is 2.11 bits per heavy atom. The monoisotopic (exact) mass is 368 g/mol. The van der Waals surface area contributed by atoms with Crippen molar-refractivity contribution in [3.05, 3.63) is 77.5 Å². The molecule has 0 radical (unpaired) electrons. The molecule has 2 N–H and O–H groups in total. The molecule has 8 heteroatoms. The van der Waals surface area contributed by atoms with Crippen molar-refractivity contribution in [3.8, 4) is 0 Å². The standard InChI is InChI=1S/C19H14F2N4O2/c1-11(26)12-5-7-13(8-6-12)22-17-10-9-16(24-25-17)19(27)23-18-14(20)3-2-4-15(18)21/h2-10H,1H3,(H,22,25)(H,23,27). The number of hydrogen-bond acceptors (Lipinski definition) is 5. The van der Waals surface area contributed by atoms with Crippen molar-refractivity contribution in [2.24, 2.45) is 0 Å². The summed E-state index contributed by atoms with van der Waals surface area (Å²) in [7, 11) is 0. The van der Waals surface area contributed by atoms with Crippen LogP contribution in [0.1, 0.15) is 27.8 Å². The first-order valence-corrected chi connectivity index (χ1v) is 7.91. The van der Waals surface area contributed by atoms with E-state index in [9.17, 15) is 18.4 Å². The number of para-hydroxylation sites is 1. The first-order chi connectivity index (χ1) is 12.9. The van der Waals surface area contributed by atoms with Crippen LogP contribution in [0.4, 0.5) is 26.0 Å². The summed E-state index contributed by atoms with van der Waals surface area (Å²) in [5.41, 5.74) is 0.617. The molecule has 1 heterocycles. The molecule has 0 saturated heterocycles. The molecule has 6 nitrogen and oxygen atoms in total. The molecule has 3 rings (SSSR count). The van der Waals surface area contributed by atoms with Gasteiger partial charge in [0.05, 0.1) is 0 Å². The van der Waals surface area contributed by atoms with Crippen molar-refractivity contribution >= 4 is 28.9 Å². The van der Waals surface area contributed by atoms with Crippen molar-refractivity contribution in [2.45, 2.75) is 6.92 Å². The second kappa shape index (κ2) is 7.69. The molecular weight excluding hydrogens is 354 g/mol. The molecule has 0 spiro atoms. The number of ketones is 1. The number of rotatable bonds is 5. The van der Waals surface area contributed by atoms with Crippen LogP contribution in [0, 0.1) is 11.6 Å². The minimum absolute atomic E-state index is 0.0389. The molecule has 1 aromatic heterocycles. The largest absolute Gasteiger partial charge is 0.339 e. The summed E-state index contributed by atoms with van der Waals surface area (Å²) in [6, 6.07) is 12.9. The average Bonchev–Trinajstić information content (AvgIpc) is 2.66. The van der Waals surface area contributed by atoms with Gasteiger partial charge in [0.1, 0.15) is 17.3 Å². The maximum absolute atomic E-state index is 13.6. The minimum Gasteiger partial charge on any atom is -0.339 e. The van der Waals surface area contributed by atoms with Gasteiger partial charge >= 0.3 is 0 Å². The van der Waals surface area contributed by atoms with Gasteiger partial charge in [-0.2, -0.15) is 0 Å². The first kappa shape index (κ1) is 18.1. The second-order valence-corrected chi connectivity index (χ2v) is 5.61. The van der Waals surface area contributed by atoms with E-state index >= 15 is 0 Å². The van der Waals surface area contributed by atoms with E-state index in [1.165, 1.54) is 25.1 Å². The molecule has 0 saturated carbocycles. The molecule has 0 aliphatic rings. The number of halogens is 2. The Balaban J connectivity index is 1.69. The molecular formula is C19H14F2N4O2. The van der Waals surface area contributed by atoms with E-state index in [1.807, 2.05) is 0 Å². The Bertz CT molecular complexity index is 969. The summed E-state index contributed by atoms with van der Waals surface area (Å²) < 4.78 is 27.2. The van der Waals surface area contributed by atoms with E-state index < -0.39 is 23.2 Å². The SMILES string of the molecule is CC(=O)c1ccc(Nc2ccc(C(=O)Nc3c(F)cccc3F)nn2)cc1. The molecule has 1 amide bonds. The van der Waals surface area contributed by atoms with Gasteiger partial charge in [-0.15, -0.1) is 10.2 Å². The Morgan fingerprint density at radius 2 is 1.56 bits per heavy atom. The lowest BCUT2D eigenvalue weighted by atomic mass is 10.1. The summed E-state index contributed by atoms with van der Waals surface area (Å²) in [5.74, 6) is -2.24.